The fourth-order valence-corrected chi connectivity index (χ4v) is 2.47. The molecule has 1 fully saturated rings. The number of benzene rings is 1. The number of rotatable bonds is 6. The number of nitrogens with one attached hydrogen (secondary N) is 1. The van der Waals surface area contributed by atoms with Gasteiger partial charge in [-0.25, -0.2) is 4.79 Å². The van der Waals surface area contributed by atoms with Crippen molar-refractivity contribution in [3.8, 4) is 5.75 Å². The molecule has 1 aromatic carbocycles. The SMILES string of the molecule is Cc1ccc(OCCC(=O)NC2(C(=O)O)CCC2)c(C)c1. The van der Waals surface area contributed by atoms with Crippen LogP contribution >= 0.6 is 0 Å². The number of ether oxygens (including phenoxy) is 1. The standard InChI is InChI=1S/C16H21NO4/c1-11-4-5-13(12(2)10-11)21-9-6-14(18)17-16(15(19)20)7-3-8-16/h4-5,10H,3,6-9H2,1-2H3,(H,17,18)(H,19,20). The number of carbonyl (C=O) groups excluding carboxylic acids is 1. The molecule has 0 unspecified atom stereocenters. The summed E-state index contributed by atoms with van der Waals surface area (Å²) in [7, 11) is 0. The number of amides is 1. The third kappa shape index (κ3) is 3.54. The molecule has 1 aromatic rings. The van der Waals surface area contributed by atoms with Crippen LogP contribution < -0.4 is 10.1 Å². The molecule has 114 valence electrons. The predicted octanol–water partition coefficient (Wildman–Crippen LogP) is 2.20. The Kier molecular flexibility index (Phi) is 4.50. The first-order valence-electron chi connectivity index (χ1n) is 7.17. The summed E-state index contributed by atoms with van der Waals surface area (Å²) in [6, 6.07) is 5.85. The highest BCUT2D eigenvalue weighted by molar-refractivity contribution is 5.87. The minimum absolute atomic E-state index is 0.155. The number of hydrogen-bond donors (Lipinski definition) is 2. The second-order valence-corrected chi connectivity index (χ2v) is 5.66. The molecule has 5 nitrogen and oxygen atoms in total. The van der Waals surface area contributed by atoms with E-state index in [1.54, 1.807) is 0 Å². The largest absolute Gasteiger partial charge is 0.493 e. The van der Waals surface area contributed by atoms with Gasteiger partial charge in [-0.1, -0.05) is 17.7 Å². The quantitative estimate of drug-likeness (QED) is 0.842. The van der Waals surface area contributed by atoms with Crippen molar-refractivity contribution in [2.45, 2.75) is 45.1 Å². The highest BCUT2D eigenvalue weighted by atomic mass is 16.5. The van der Waals surface area contributed by atoms with Gasteiger partial charge in [-0.3, -0.25) is 4.79 Å². The Labute approximate surface area is 124 Å². The van der Waals surface area contributed by atoms with E-state index in [4.69, 9.17) is 9.84 Å². The van der Waals surface area contributed by atoms with Crippen LogP contribution in [0.3, 0.4) is 0 Å². The molecule has 2 rings (SSSR count). The van der Waals surface area contributed by atoms with Crippen molar-refractivity contribution < 1.29 is 19.4 Å². The number of hydrogen-bond acceptors (Lipinski definition) is 3. The van der Waals surface area contributed by atoms with Gasteiger partial charge in [-0.2, -0.15) is 0 Å². The molecule has 0 saturated heterocycles. The molecule has 0 aliphatic heterocycles. The molecule has 1 aliphatic carbocycles. The molecule has 5 heteroatoms. The Bertz CT molecular complexity index is 549. The monoisotopic (exact) mass is 291 g/mol. The summed E-state index contributed by atoms with van der Waals surface area (Å²) in [6.07, 6.45) is 2.01. The molecule has 2 N–H and O–H groups in total. The molecule has 0 radical (unpaired) electrons. The van der Waals surface area contributed by atoms with E-state index in [9.17, 15) is 9.59 Å². The Morgan fingerprint density at radius 1 is 1.33 bits per heavy atom. The molecule has 0 spiro atoms. The first-order chi connectivity index (χ1) is 9.93. The van der Waals surface area contributed by atoms with Gasteiger partial charge in [0.25, 0.3) is 0 Å². The van der Waals surface area contributed by atoms with Crippen LogP contribution in [-0.2, 0) is 9.59 Å². The Balaban J connectivity index is 1.80. The van der Waals surface area contributed by atoms with E-state index in [0.717, 1.165) is 23.3 Å². The van der Waals surface area contributed by atoms with Crippen LogP contribution in [0.1, 0.15) is 36.8 Å². The van der Waals surface area contributed by atoms with Crippen molar-refractivity contribution in [2.24, 2.45) is 0 Å². The fourth-order valence-electron chi connectivity index (χ4n) is 2.47. The number of carboxylic acids is 1. The van der Waals surface area contributed by atoms with Crippen LogP contribution in [0, 0.1) is 13.8 Å². The smallest absolute Gasteiger partial charge is 0.329 e. The summed E-state index contributed by atoms with van der Waals surface area (Å²) < 4.78 is 5.58. The van der Waals surface area contributed by atoms with E-state index < -0.39 is 11.5 Å². The summed E-state index contributed by atoms with van der Waals surface area (Å²) >= 11 is 0. The molecule has 0 atom stereocenters. The highest BCUT2D eigenvalue weighted by Crippen LogP contribution is 2.32. The number of carboxylic acid groups (broad SMARTS) is 1. The summed E-state index contributed by atoms with van der Waals surface area (Å²) in [5.74, 6) is -0.468. The molecule has 1 aliphatic rings. The van der Waals surface area contributed by atoms with Gasteiger partial charge in [0.2, 0.25) is 5.91 Å². The zero-order valence-electron chi connectivity index (χ0n) is 12.4. The lowest BCUT2D eigenvalue weighted by Crippen LogP contribution is -2.59. The third-order valence-corrected chi connectivity index (χ3v) is 3.91. The molecular formula is C16H21NO4. The average Bonchev–Trinajstić information content (AvgIpc) is 2.36. The minimum Gasteiger partial charge on any atom is -0.493 e. The summed E-state index contributed by atoms with van der Waals surface area (Å²) in [6.45, 7) is 4.20. The number of aryl methyl sites for hydroxylation is 2. The van der Waals surface area contributed by atoms with Crippen LogP contribution in [-0.4, -0.2) is 29.1 Å². The molecule has 0 heterocycles. The van der Waals surface area contributed by atoms with Crippen LogP contribution in [0.5, 0.6) is 5.75 Å². The van der Waals surface area contributed by atoms with Crippen molar-refractivity contribution >= 4 is 11.9 Å². The fraction of sp³-hybridized carbons (Fsp3) is 0.500. The lowest BCUT2D eigenvalue weighted by atomic mass is 9.76. The van der Waals surface area contributed by atoms with E-state index in [2.05, 4.69) is 5.32 Å². The molecular weight excluding hydrogens is 270 g/mol. The topological polar surface area (TPSA) is 75.6 Å². The van der Waals surface area contributed by atoms with Gasteiger partial charge in [-0.05, 0) is 44.7 Å². The molecule has 1 amide bonds. The van der Waals surface area contributed by atoms with E-state index in [-0.39, 0.29) is 18.9 Å². The van der Waals surface area contributed by atoms with Crippen molar-refractivity contribution in [3.05, 3.63) is 29.3 Å². The zero-order valence-corrected chi connectivity index (χ0v) is 12.4. The lowest BCUT2D eigenvalue weighted by molar-refractivity contribution is -0.151. The molecule has 1 saturated carbocycles. The van der Waals surface area contributed by atoms with Crippen LogP contribution in [0.4, 0.5) is 0 Å². The van der Waals surface area contributed by atoms with Crippen molar-refractivity contribution in [1.82, 2.24) is 5.32 Å². The number of aliphatic carboxylic acids is 1. The van der Waals surface area contributed by atoms with Gasteiger partial charge < -0.3 is 15.2 Å². The van der Waals surface area contributed by atoms with Crippen molar-refractivity contribution in [2.75, 3.05) is 6.61 Å². The Morgan fingerprint density at radius 2 is 2.05 bits per heavy atom. The number of carbonyl (C=O) groups is 2. The van der Waals surface area contributed by atoms with Crippen molar-refractivity contribution in [3.63, 3.8) is 0 Å². The molecule has 0 bridgehead atoms. The Morgan fingerprint density at radius 3 is 2.57 bits per heavy atom. The predicted molar refractivity (Wildman–Crippen MR) is 78.4 cm³/mol. The van der Waals surface area contributed by atoms with Crippen molar-refractivity contribution in [1.29, 1.82) is 0 Å². The van der Waals surface area contributed by atoms with Gasteiger partial charge in [0.15, 0.2) is 0 Å². The van der Waals surface area contributed by atoms with E-state index in [1.165, 1.54) is 0 Å². The molecule has 21 heavy (non-hydrogen) atoms. The van der Waals surface area contributed by atoms with Gasteiger partial charge in [0.1, 0.15) is 11.3 Å². The minimum atomic E-state index is -1.04. The van der Waals surface area contributed by atoms with Crippen LogP contribution in [0.15, 0.2) is 18.2 Å². The summed E-state index contributed by atoms with van der Waals surface area (Å²) in [4.78, 5) is 23.0. The summed E-state index contributed by atoms with van der Waals surface area (Å²) in [5.41, 5.74) is 1.14. The highest BCUT2D eigenvalue weighted by Gasteiger charge is 2.45. The first-order valence-corrected chi connectivity index (χ1v) is 7.17. The van der Waals surface area contributed by atoms with E-state index in [1.807, 2.05) is 32.0 Å². The van der Waals surface area contributed by atoms with Gasteiger partial charge in [-0.15, -0.1) is 0 Å². The maximum Gasteiger partial charge on any atom is 0.329 e. The van der Waals surface area contributed by atoms with Gasteiger partial charge >= 0.3 is 5.97 Å². The maximum absolute atomic E-state index is 11.8. The third-order valence-electron chi connectivity index (χ3n) is 3.91. The Hall–Kier alpha value is -2.04. The maximum atomic E-state index is 11.8. The second kappa shape index (κ2) is 6.16. The van der Waals surface area contributed by atoms with Gasteiger partial charge in [0, 0.05) is 0 Å². The summed E-state index contributed by atoms with van der Waals surface area (Å²) in [5, 5.41) is 11.8. The first kappa shape index (κ1) is 15.4. The van der Waals surface area contributed by atoms with Gasteiger partial charge in [0.05, 0.1) is 13.0 Å². The molecule has 0 aromatic heterocycles. The van der Waals surface area contributed by atoms with E-state index >= 15 is 0 Å². The van der Waals surface area contributed by atoms with E-state index in [0.29, 0.717) is 12.8 Å². The van der Waals surface area contributed by atoms with Crippen LogP contribution in [0.2, 0.25) is 0 Å². The lowest BCUT2D eigenvalue weighted by Gasteiger charge is -2.38. The zero-order chi connectivity index (χ0) is 15.5. The normalized spacial score (nSPS) is 15.9. The average molecular weight is 291 g/mol. The van der Waals surface area contributed by atoms with Crippen LogP contribution in [0.25, 0.3) is 0 Å². The second-order valence-electron chi connectivity index (χ2n) is 5.66.